The van der Waals surface area contributed by atoms with Gasteiger partial charge in [0, 0.05) is 58.6 Å². The van der Waals surface area contributed by atoms with Gasteiger partial charge in [-0.3, -0.25) is 9.59 Å². The van der Waals surface area contributed by atoms with E-state index in [4.69, 9.17) is 4.74 Å². The number of carbonyl (C=O) groups excluding carboxylic acids is 2. The first-order valence-electron chi connectivity index (χ1n) is 13.6. The number of rotatable bonds is 6. The Hall–Kier alpha value is -5.35. The first-order valence-corrected chi connectivity index (χ1v) is 13.6. The van der Waals surface area contributed by atoms with Crippen molar-refractivity contribution in [1.82, 2.24) is 9.47 Å². The standard InChI is InChI=1S/C34H28N4O3/c1-2-37-30-11-7-6-10-28(30)29-21-25(14-17-31(29)37)36-33(39)32-20-23(18-19-35)22-38(32)34(40)24-12-15-27(16-13-24)41-26-8-4-3-5-9-26/h3-18,21,32H,2,20,22H2,1H3,(H,36,39)/b23-18+/t32-/m0/s1. The number of fused-ring (bicyclic) bond motifs is 3. The van der Waals surface area contributed by atoms with E-state index in [-0.39, 0.29) is 18.4 Å². The molecular weight excluding hydrogens is 512 g/mol. The average molecular weight is 541 g/mol. The lowest BCUT2D eigenvalue weighted by molar-refractivity contribution is -0.119. The van der Waals surface area contributed by atoms with Crippen LogP contribution in [0.5, 0.6) is 11.5 Å². The lowest BCUT2D eigenvalue weighted by Crippen LogP contribution is -2.43. The molecule has 1 fully saturated rings. The Morgan fingerprint density at radius 1 is 0.927 bits per heavy atom. The molecule has 0 bridgehead atoms. The summed E-state index contributed by atoms with van der Waals surface area (Å²) in [4.78, 5) is 28.7. The average Bonchev–Trinajstić information content (AvgIpc) is 3.57. The van der Waals surface area contributed by atoms with Gasteiger partial charge in [-0.2, -0.15) is 5.26 Å². The van der Waals surface area contributed by atoms with Crippen molar-refractivity contribution in [3.63, 3.8) is 0 Å². The molecule has 0 saturated carbocycles. The van der Waals surface area contributed by atoms with Crippen molar-refractivity contribution < 1.29 is 14.3 Å². The molecular formula is C34H28N4O3. The quantitative estimate of drug-likeness (QED) is 0.237. The first kappa shape index (κ1) is 25.9. The minimum Gasteiger partial charge on any atom is -0.457 e. The highest BCUT2D eigenvalue weighted by Gasteiger charge is 2.37. The maximum atomic E-state index is 13.6. The first-order chi connectivity index (χ1) is 20.1. The Balaban J connectivity index is 1.24. The van der Waals surface area contributed by atoms with E-state index < -0.39 is 6.04 Å². The summed E-state index contributed by atoms with van der Waals surface area (Å²) >= 11 is 0. The summed E-state index contributed by atoms with van der Waals surface area (Å²) in [7, 11) is 0. The molecule has 0 spiro atoms. The molecule has 7 nitrogen and oxygen atoms in total. The zero-order valence-corrected chi connectivity index (χ0v) is 22.6. The van der Waals surface area contributed by atoms with E-state index in [0.717, 1.165) is 33.9 Å². The third-order valence-corrected chi connectivity index (χ3v) is 7.47. The molecule has 1 saturated heterocycles. The summed E-state index contributed by atoms with van der Waals surface area (Å²) in [5.41, 5.74) is 4.09. The number of anilines is 1. The number of hydrogen-bond acceptors (Lipinski definition) is 4. The molecule has 1 atom stereocenters. The summed E-state index contributed by atoms with van der Waals surface area (Å²) in [5, 5.41) is 14.5. The number of benzene rings is 4. The molecule has 0 aliphatic carbocycles. The van der Waals surface area contributed by atoms with Gasteiger partial charge in [0.2, 0.25) is 5.91 Å². The second-order valence-corrected chi connectivity index (χ2v) is 10.0. The van der Waals surface area contributed by atoms with Crippen molar-refractivity contribution in [3.8, 4) is 17.6 Å². The molecule has 1 aliphatic rings. The van der Waals surface area contributed by atoms with Crippen molar-refractivity contribution in [3.05, 3.63) is 114 Å². The Morgan fingerprint density at radius 2 is 1.63 bits per heavy atom. The number of para-hydroxylation sites is 2. The fourth-order valence-corrected chi connectivity index (χ4v) is 5.55. The number of ether oxygens (including phenoxy) is 1. The lowest BCUT2D eigenvalue weighted by Gasteiger charge is -2.24. The van der Waals surface area contributed by atoms with Crippen molar-refractivity contribution in [2.45, 2.75) is 25.9 Å². The highest BCUT2D eigenvalue weighted by molar-refractivity contribution is 6.10. The molecule has 2 amide bonds. The monoisotopic (exact) mass is 540 g/mol. The smallest absolute Gasteiger partial charge is 0.254 e. The third-order valence-electron chi connectivity index (χ3n) is 7.47. The van der Waals surface area contributed by atoms with Crippen LogP contribution >= 0.6 is 0 Å². The zero-order chi connectivity index (χ0) is 28.3. The molecule has 41 heavy (non-hydrogen) atoms. The maximum absolute atomic E-state index is 13.6. The number of nitriles is 1. The van der Waals surface area contributed by atoms with E-state index in [1.165, 1.54) is 11.0 Å². The number of allylic oxidation sites excluding steroid dienone is 1. The van der Waals surface area contributed by atoms with Gasteiger partial charge in [0.25, 0.3) is 5.91 Å². The summed E-state index contributed by atoms with van der Waals surface area (Å²) in [6, 6.07) is 31.7. The molecule has 6 rings (SSSR count). The largest absolute Gasteiger partial charge is 0.457 e. The van der Waals surface area contributed by atoms with Crippen molar-refractivity contribution >= 4 is 39.3 Å². The van der Waals surface area contributed by atoms with Crippen LogP contribution < -0.4 is 10.1 Å². The molecule has 1 N–H and O–H groups in total. The summed E-state index contributed by atoms with van der Waals surface area (Å²) in [5.74, 6) is 0.737. The zero-order valence-electron chi connectivity index (χ0n) is 22.6. The Morgan fingerprint density at radius 3 is 2.39 bits per heavy atom. The lowest BCUT2D eigenvalue weighted by atomic mass is 10.1. The predicted octanol–water partition coefficient (Wildman–Crippen LogP) is 6.91. The number of carbonyl (C=O) groups is 2. The maximum Gasteiger partial charge on any atom is 0.254 e. The molecule has 202 valence electrons. The van der Waals surface area contributed by atoms with Crippen LogP contribution in [0.1, 0.15) is 23.7 Å². The fraction of sp³-hybridized carbons (Fsp3) is 0.147. The number of aromatic nitrogens is 1. The molecule has 1 aromatic heterocycles. The summed E-state index contributed by atoms with van der Waals surface area (Å²) < 4.78 is 8.10. The normalized spacial score (nSPS) is 15.8. The van der Waals surface area contributed by atoms with Gasteiger partial charge in [0.05, 0.1) is 6.07 Å². The second kappa shape index (κ2) is 11.0. The van der Waals surface area contributed by atoms with Crippen LogP contribution in [0.25, 0.3) is 21.8 Å². The number of aryl methyl sites for hydroxylation is 1. The van der Waals surface area contributed by atoms with Crippen molar-refractivity contribution in [1.29, 1.82) is 5.26 Å². The molecule has 5 aromatic rings. The van der Waals surface area contributed by atoms with E-state index in [0.29, 0.717) is 29.2 Å². The van der Waals surface area contributed by atoms with Crippen LogP contribution in [0.15, 0.2) is 109 Å². The van der Waals surface area contributed by atoms with E-state index in [9.17, 15) is 14.9 Å². The predicted molar refractivity (Wildman–Crippen MR) is 160 cm³/mol. The third kappa shape index (κ3) is 5.04. The highest BCUT2D eigenvalue weighted by atomic mass is 16.5. The van der Waals surface area contributed by atoms with Gasteiger partial charge < -0.3 is 19.5 Å². The Labute approximate surface area is 237 Å². The summed E-state index contributed by atoms with van der Waals surface area (Å²) in [6.45, 7) is 3.17. The molecule has 1 aliphatic heterocycles. The van der Waals surface area contributed by atoms with Crippen molar-refractivity contribution in [2.75, 3.05) is 11.9 Å². The minimum atomic E-state index is -0.741. The van der Waals surface area contributed by atoms with E-state index in [1.807, 2.05) is 66.7 Å². The van der Waals surface area contributed by atoms with Crippen LogP contribution in [0.2, 0.25) is 0 Å². The summed E-state index contributed by atoms with van der Waals surface area (Å²) in [6.07, 6.45) is 1.73. The van der Waals surface area contributed by atoms with Gasteiger partial charge >= 0.3 is 0 Å². The SMILES string of the molecule is CCn1c2ccccc2c2cc(NC(=O)[C@@H]3C/C(=C\C#N)CN3C(=O)c3ccc(Oc4ccccc4)cc3)ccc21. The highest BCUT2D eigenvalue weighted by Crippen LogP contribution is 2.32. The van der Waals surface area contributed by atoms with Crippen molar-refractivity contribution in [2.24, 2.45) is 0 Å². The van der Waals surface area contributed by atoms with Gasteiger partial charge in [-0.05, 0) is 73.2 Å². The van der Waals surface area contributed by atoms with E-state index >= 15 is 0 Å². The molecule has 0 radical (unpaired) electrons. The minimum absolute atomic E-state index is 0.218. The van der Waals surface area contributed by atoms with Gasteiger partial charge in [-0.1, -0.05) is 36.4 Å². The number of likely N-dealkylation sites (tertiary alicyclic amines) is 1. The molecule has 7 heteroatoms. The van der Waals surface area contributed by atoms with Gasteiger partial charge in [0.1, 0.15) is 17.5 Å². The molecule has 4 aromatic carbocycles. The van der Waals surface area contributed by atoms with Gasteiger partial charge in [0.15, 0.2) is 0 Å². The number of hydrogen-bond donors (Lipinski definition) is 1. The topological polar surface area (TPSA) is 87.4 Å². The Kier molecular flexibility index (Phi) is 6.97. The van der Waals surface area contributed by atoms with Crippen LogP contribution in [0.3, 0.4) is 0 Å². The van der Waals surface area contributed by atoms with Gasteiger partial charge in [-0.15, -0.1) is 0 Å². The van der Waals surface area contributed by atoms with Crippen LogP contribution in [-0.2, 0) is 11.3 Å². The van der Waals surface area contributed by atoms with E-state index in [2.05, 4.69) is 28.9 Å². The van der Waals surface area contributed by atoms with E-state index in [1.54, 1.807) is 24.3 Å². The number of nitrogens with one attached hydrogen (secondary N) is 1. The molecule has 2 heterocycles. The Bertz CT molecular complexity index is 1830. The van der Waals surface area contributed by atoms with Crippen LogP contribution in [-0.4, -0.2) is 33.9 Å². The molecule has 0 unspecified atom stereocenters. The van der Waals surface area contributed by atoms with Crippen LogP contribution in [0.4, 0.5) is 5.69 Å². The number of amides is 2. The van der Waals surface area contributed by atoms with Gasteiger partial charge in [-0.25, -0.2) is 0 Å². The van der Waals surface area contributed by atoms with Crippen LogP contribution in [0, 0.1) is 11.3 Å². The fourth-order valence-electron chi connectivity index (χ4n) is 5.55. The number of nitrogens with zero attached hydrogens (tertiary/aromatic N) is 3. The second-order valence-electron chi connectivity index (χ2n) is 10.0.